The van der Waals surface area contributed by atoms with Crippen LogP contribution in [0.2, 0.25) is 0 Å². The Morgan fingerprint density at radius 2 is 1.79 bits per heavy atom. The first-order valence-electron chi connectivity index (χ1n) is 28.8. The van der Waals surface area contributed by atoms with Crippen LogP contribution in [0.25, 0.3) is 0 Å². The predicted molar refractivity (Wildman–Crippen MR) is 270 cm³/mol. The number of ketones is 1. The summed E-state index contributed by atoms with van der Waals surface area (Å²) in [5.74, 6) is 5.25. The average Bonchev–Trinajstić information content (AvgIpc) is 3.70. The number of aliphatic hydroxyl groups excluding tert-OH is 4. The number of allylic oxidation sites excluding steroid dienone is 1. The first-order chi connectivity index (χ1) is 36.1. The van der Waals surface area contributed by atoms with E-state index in [0.29, 0.717) is 74.1 Å². The number of carbonyl (C=O) groups excluding carboxylic acids is 3. The molecule has 14 nitrogen and oxygen atoms in total. The molecular formula is C61H76N2O12. The summed E-state index contributed by atoms with van der Waals surface area (Å²) in [7, 11) is 0. The van der Waals surface area contributed by atoms with E-state index in [2.05, 4.69) is 65.5 Å². The summed E-state index contributed by atoms with van der Waals surface area (Å²) in [6, 6.07) is 12.8. The van der Waals surface area contributed by atoms with E-state index < -0.39 is 93.2 Å². The Kier molecular flexibility index (Phi) is 11.1. The molecule has 2 aromatic rings. The third-order valence-corrected chi connectivity index (χ3v) is 23.6. The molecule has 0 radical (unpaired) electrons. The molecule has 21 atom stereocenters. The van der Waals surface area contributed by atoms with Crippen LogP contribution in [-0.2, 0) is 51.8 Å². The Morgan fingerprint density at radius 1 is 0.947 bits per heavy atom. The number of hydrogen-bond donors (Lipinski definition) is 5. The van der Waals surface area contributed by atoms with E-state index in [9.17, 15) is 25.2 Å². The fourth-order valence-electron chi connectivity index (χ4n) is 20.8. The van der Waals surface area contributed by atoms with Crippen molar-refractivity contribution in [1.29, 1.82) is 0 Å². The molecule has 12 aliphatic rings. The van der Waals surface area contributed by atoms with Gasteiger partial charge in [0.1, 0.15) is 24.1 Å². The van der Waals surface area contributed by atoms with Crippen LogP contribution in [0, 0.1) is 92.7 Å². The molecule has 10 fully saturated rings. The van der Waals surface area contributed by atoms with Crippen molar-refractivity contribution in [1.82, 2.24) is 10.2 Å². The molecule has 14 heteroatoms. The molecule has 75 heavy (non-hydrogen) atoms. The summed E-state index contributed by atoms with van der Waals surface area (Å²) in [6.45, 7) is 7.26. The first-order valence-corrected chi connectivity index (χ1v) is 28.8. The number of nitrogens with zero attached hydrogens (tertiary/aromatic N) is 1. The van der Waals surface area contributed by atoms with Crippen LogP contribution in [0.3, 0.4) is 0 Å². The Morgan fingerprint density at radius 3 is 2.59 bits per heavy atom. The Bertz CT molecular complexity index is 2750. The Balaban J connectivity index is 0.930. The van der Waals surface area contributed by atoms with Crippen molar-refractivity contribution in [3.8, 4) is 11.8 Å². The highest BCUT2D eigenvalue weighted by atomic mass is 16.7. The van der Waals surface area contributed by atoms with Crippen LogP contribution in [0.5, 0.6) is 0 Å². The molecule has 4 spiro atoms. The minimum Gasteiger partial charge on any atom is -0.469 e. The van der Waals surface area contributed by atoms with Gasteiger partial charge in [0.25, 0.3) is 0 Å². The maximum absolute atomic E-state index is 16.3. The van der Waals surface area contributed by atoms with Crippen LogP contribution < -0.4 is 5.32 Å². The van der Waals surface area contributed by atoms with Gasteiger partial charge in [0.2, 0.25) is 0 Å². The number of rotatable bonds is 9. The molecule has 7 heterocycles. The molecule has 5 N–H and O–H groups in total. The summed E-state index contributed by atoms with van der Waals surface area (Å²) in [4.78, 5) is 48.9. The van der Waals surface area contributed by atoms with Gasteiger partial charge in [-0.3, -0.25) is 14.9 Å². The third-order valence-electron chi connectivity index (χ3n) is 23.6. The zero-order valence-electron chi connectivity index (χ0n) is 43.8. The van der Waals surface area contributed by atoms with Gasteiger partial charge in [-0.15, -0.1) is 0 Å². The number of benzene rings is 1. The zero-order valence-corrected chi connectivity index (χ0v) is 43.8. The van der Waals surface area contributed by atoms with Crippen molar-refractivity contribution in [3.05, 3.63) is 71.8 Å². The Hall–Kier alpha value is -4.07. The van der Waals surface area contributed by atoms with Gasteiger partial charge in [0, 0.05) is 53.3 Å². The van der Waals surface area contributed by atoms with Crippen molar-refractivity contribution in [2.24, 2.45) is 80.8 Å². The smallest absolute Gasteiger partial charge is 0.339 e. The highest BCUT2D eigenvalue weighted by Crippen LogP contribution is 2.85. The number of esters is 2. The standard InChI is InChI=1S/C61H76N2O12/c1-55(2)49-48(67)50(68)60-43-25-35(24-34-8-5-4-6-9-34)11-12-37(43)10-7-19-59(42-18-23-71-46(42)27-41(45(66)31-65)38-13-14-40-39(26-38)17-22-63-33-62-29-44(40)63)56(3,61(60)51(73-61)52(69)74-59)20-16-47(60)58(49)32-72-54(70)57(53(58)75-55)21-15-36(28-57)30-64/h4-6,8-9,17-18,22-23,35-41,43-45,47,49-51,53,62,64-66,68H,11-16,19-21,24-33H2,1-3H3/t35-,36+,37-,38-,39-,40-,41+,43+,44+,45-,47-,49-,50-,51-,53+,56+,57-,58-,59+,60+,61-/m1/s1. The van der Waals surface area contributed by atoms with Crippen molar-refractivity contribution in [3.63, 3.8) is 0 Å². The maximum atomic E-state index is 16.3. The number of cyclic esters (lactones) is 1. The first kappa shape index (κ1) is 49.2. The van der Waals surface area contributed by atoms with E-state index >= 15 is 9.59 Å². The number of fused-ring (bicyclic) bond motifs is 5. The lowest BCUT2D eigenvalue weighted by atomic mass is 9.30. The molecule has 0 unspecified atom stereocenters. The summed E-state index contributed by atoms with van der Waals surface area (Å²) in [5, 5.41) is 50.8. The van der Waals surface area contributed by atoms with E-state index in [0.717, 1.165) is 45.3 Å². The highest BCUT2D eigenvalue weighted by Gasteiger charge is 2.95. The van der Waals surface area contributed by atoms with Gasteiger partial charge in [-0.05, 0) is 156 Å². The van der Waals surface area contributed by atoms with E-state index in [-0.39, 0.29) is 67.4 Å². The number of furan rings is 1. The summed E-state index contributed by atoms with van der Waals surface area (Å²) < 4.78 is 34.9. The van der Waals surface area contributed by atoms with E-state index in [1.807, 2.05) is 26.0 Å². The minimum absolute atomic E-state index is 0.0701. The van der Waals surface area contributed by atoms with Gasteiger partial charge in [-0.2, -0.15) is 0 Å². The highest BCUT2D eigenvalue weighted by molar-refractivity contribution is 5.93. The van der Waals surface area contributed by atoms with Gasteiger partial charge in [-0.1, -0.05) is 55.2 Å². The lowest BCUT2D eigenvalue weighted by molar-refractivity contribution is -0.301. The molecule has 402 valence electrons. The number of nitrogens with one attached hydrogen (secondary N) is 1. The second-order valence-corrected chi connectivity index (χ2v) is 26.7. The third kappa shape index (κ3) is 6.27. The molecule has 6 aliphatic carbocycles. The molecule has 6 aliphatic heterocycles. The molecule has 1 aromatic heterocycles. The lowest BCUT2D eigenvalue weighted by Gasteiger charge is -2.72. The van der Waals surface area contributed by atoms with Gasteiger partial charge >= 0.3 is 11.9 Å². The van der Waals surface area contributed by atoms with E-state index in [4.69, 9.17) is 23.4 Å². The lowest BCUT2D eigenvalue weighted by Crippen LogP contribution is -2.81. The number of epoxide rings is 1. The SMILES string of the molecule is CC1(C)O[C@H]2[C@]3(CC[C@H](CO)C3)C(=O)OC[C@@]23[C@@H]1C(=O)[C@@H](O)[C@]12[C@@H]3CC[C@]3(C)[C@@]14O[C@@H]4C(=O)O[C@]3(c1ccoc1C[C@@H]([C@@H]1CC[C@@H]3[C@H](C=CN4CNC[C@@H]34)C1)[C@H](O)CO)CC#C[C@@H]1CC[C@H](Cc3ccccc3)C[C@@H]12. The van der Waals surface area contributed by atoms with Crippen LogP contribution in [0.4, 0.5) is 0 Å². The second-order valence-electron chi connectivity index (χ2n) is 26.7. The van der Waals surface area contributed by atoms with Crippen LogP contribution in [0.1, 0.15) is 115 Å². The molecule has 4 bridgehead atoms. The maximum Gasteiger partial charge on any atom is 0.339 e. The topological polar surface area (TPSA) is 201 Å². The van der Waals surface area contributed by atoms with Crippen molar-refractivity contribution >= 4 is 17.7 Å². The number of hydrogen-bond acceptors (Lipinski definition) is 14. The number of aliphatic hydroxyl groups is 4. The van der Waals surface area contributed by atoms with Crippen molar-refractivity contribution < 1.29 is 58.2 Å². The van der Waals surface area contributed by atoms with E-state index in [1.54, 1.807) is 6.26 Å². The fourth-order valence-corrected chi connectivity index (χ4v) is 20.8. The van der Waals surface area contributed by atoms with Crippen LogP contribution in [0.15, 0.2) is 59.4 Å². The fraction of sp³-hybridized carbons (Fsp3) is 0.721. The van der Waals surface area contributed by atoms with E-state index in [1.165, 1.54) is 5.56 Å². The van der Waals surface area contributed by atoms with Gasteiger partial charge in [0.15, 0.2) is 17.5 Å². The summed E-state index contributed by atoms with van der Waals surface area (Å²) >= 11 is 0. The number of carbonyl (C=O) groups is 3. The second kappa shape index (κ2) is 17.0. The molecule has 1 aromatic carbocycles. The minimum atomic E-state index is -1.60. The van der Waals surface area contributed by atoms with Crippen molar-refractivity contribution in [2.45, 2.75) is 158 Å². The van der Waals surface area contributed by atoms with Gasteiger partial charge in [-0.25, -0.2) is 4.79 Å². The molecule has 14 rings (SSSR count). The number of ether oxygens (including phenoxy) is 4. The average molecular weight is 1030 g/mol. The van der Waals surface area contributed by atoms with Crippen molar-refractivity contribution in [2.75, 3.05) is 33.0 Å². The number of Topliss-reactive ketones (excluding diaryl/α,β-unsaturated/α-hetero) is 1. The molecule has 0 amide bonds. The molecule has 5 saturated carbocycles. The van der Waals surface area contributed by atoms with Crippen LogP contribution >= 0.6 is 0 Å². The largest absolute Gasteiger partial charge is 0.469 e. The normalized spacial score (nSPS) is 48.1. The monoisotopic (exact) mass is 1030 g/mol. The quantitative estimate of drug-likeness (QED) is 0.118. The summed E-state index contributed by atoms with van der Waals surface area (Å²) in [5.41, 5.74) is -6.95. The summed E-state index contributed by atoms with van der Waals surface area (Å²) in [6.07, 6.45) is 10.3. The van der Waals surface area contributed by atoms with Gasteiger partial charge in [0.05, 0.1) is 55.1 Å². The molecular weight excluding hydrogens is 953 g/mol. The zero-order chi connectivity index (χ0) is 51.7. The van der Waals surface area contributed by atoms with Gasteiger partial charge < -0.3 is 48.7 Å². The predicted octanol–water partition coefficient (Wildman–Crippen LogP) is 5.62. The Labute approximate surface area is 440 Å². The molecule has 5 saturated heterocycles. The van der Waals surface area contributed by atoms with Crippen LogP contribution in [-0.4, -0.2) is 118 Å².